The summed E-state index contributed by atoms with van der Waals surface area (Å²) < 4.78 is 10.8. The Bertz CT molecular complexity index is 750. The highest BCUT2D eigenvalue weighted by Crippen LogP contribution is 2.22. The minimum atomic E-state index is -0.388. The average molecular weight is 355 g/mol. The van der Waals surface area contributed by atoms with Crippen molar-refractivity contribution in [1.82, 2.24) is 0 Å². The van der Waals surface area contributed by atoms with E-state index >= 15 is 0 Å². The summed E-state index contributed by atoms with van der Waals surface area (Å²) in [6.07, 6.45) is 1.79. The van der Waals surface area contributed by atoms with Crippen molar-refractivity contribution < 1.29 is 19.1 Å². The van der Waals surface area contributed by atoms with Crippen LogP contribution in [0.25, 0.3) is 0 Å². The molecule has 26 heavy (non-hydrogen) atoms. The van der Waals surface area contributed by atoms with Crippen LogP contribution in [0.1, 0.15) is 41.3 Å². The summed E-state index contributed by atoms with van der Waals surface area (Å²) in [6, 6.07) is 12.5. The largest absolute Gasteiger partial charge is 0.483 e. The lowest BCUT2D eigenvalue weighted by Gasteiger charge is -2.12. The zero-order valence-corrected chi connectivity index (χ0v) is 15.5. The quantitative estimate of drug-likeness (QED) is 0.567. The van der Waals surface area contributed by atoms with E-state index in [9.17, 15) is 9.59 Å². The van der Waals surface area contributed by atoms with E-state index in [-0.39, 0.29) is 18.5 Å². The average Bonchev–Trinajstić information content (AvgIpc) is 2.61. The molecule has 2 rings (SSSR count). The Morgan fingerprint density at radius 3 is 2.42 bits per heavy atom. The summed E-state index contributed by atoms with van der Waals surface area (Å²) >= 11 is 0. The molecule has 0 aromatic heterocycles. The van der Waals surface area contributed by atoms with Gasteiger partial charge in [0.2, 0.25) is 0 Å². The van der Waals surface area contributed by atoms with Crippen molar-refractivity contribution in [2.75, 3.05) is 18.5 Å². The third-order valence-electron chi connectivity index (χ3n) is 3.87. The summed E-state index contributed by atoms with van der Waals surface area (Å²) in [5, 5.41) is 2.74. The molecule has 5 heteroatoms. The van der Waals surface area contributed by atoms with Crippen molar-refractivity contribution in [2.45, 2.75) is 33.6 Å². The number of unbranched alkanes of at least 4 members (excludes halogenated alkanes) is 1. The Morgan fingerprint density at radius 2 is 1.73 bits per heavy atom. The molecule has 0 aliphatic heterocycles. The van der Waals surface area contributed by atoms with Crippen LogP contribution >= 0.6 is 0 Å². The van der Waals surface area contributed by atoms with Gasteiger partial charge < -0.3 is 14.8 Å². The number of rotatable bonds is 8. The van der Waals surface area contributed by atoms with Crippen LogP contribution in [-0.4, -0.2) is 25.1 Å². The Morgan fingerprint density at radius 1 is 1.04 bits per heavy atom. The van der Waals surface area contributed by atoms with Crippen molar-refractivity contribution in [3.63, 3.8) is 0 Å². The number of carbonyl (C=O) groups excluding carboxylic acids is 2. The van der Waals surface area contributed by atoms with Gasteiger partial charge in [0, 0.05) is 5.69 Å². The van der Waals surface area contributed by atoms with Gasteiger partial charge in [-0.15, -0.1) is 0 Å². The number of carbonyl (C=O) groups is 2. The molecule has 0 unspecified atom stereocenters. The molecule has 5 nitrogen and oxygen atoms in total. The van der Waals surface area contributed by atoms with Crippen LogP contribution < -0.4 is 10.1 Å². The summed E-state index contributed by atoms with van der Waals surface area (Å²) in [5.74, 6) is 0.0430. The van der Waals surface area contributed by atoms with Gasteiger partial charge in [-0.3, -0.25) is 4.79 Å². The van der Waals surface area contributed by atoms with E-state index in [1.165, 1.54) is 0 Å². The normalized spacial score (nSPS) is 10.3. The van der Waals surface area contributed by atoms with Crippen molar-refractivity contribution in [1.29, 1.82) is 0 Å². The number of para-hydroxylation sites is 1. The van der Waals surface area contributed by atoms with Gasteiger partial charge in [-0.05, 0) is 49.6 Å². The highest BCUT2D eigenvalue weighted by molar-refractivity contribution is 5.95. The van der Waals surface area contributed by atoms with Crippen LogP contribution in [0.2, 0.25) is 0 Å². The third-order valence-corrected chi connectivity index (χ3v) is 3.87. The molecule has 0 saturated carbocycles. The second-order valence-corrected chi connectivity index (χ2v) is 6.13. The number of hydrogen-bond donors (Lipinski definition) is 1. The number of nitrogens with one attached hydrogen (secondary N) is 1. The lowest BCUT2D eigenvalue weighted by atomic mass is 10.1. The second kappa shape index (κ2) is 9.61. The van der Waals surface area contributed by atoms with E-state index in [0.29, 0.717) is 17.9 Å². The zero-order valence-electron chi connectivity index (χ0n) is 15.5. The van der Waals surface area contributed by atoms with E-state index in [0.717, 1.165) is 29.7 Å². The smallest absolute Gasteiger partial charge is 0.338 e. The fraction of sp³-hybridized carbons (Fsp3) is 0.333. The van der Waals surface area contributed by atoms with Crippen LogP contribution in [0.5, 0.6) is 5.75 Å². The molecular formula is C21H25NO4. The molecule has 0 bridgehead atoms. The van der Waals surface area contributed by atoms with Crippen LogP contribution in [0.4, 0.5) is 5.69 Å². The van der Waals surface area contributed by atoms with E-state index in [1.54, 1.807) is 24.3 Å². The highest BCUT2D eigenvalue weighted by Gasteiger charge is 2.10. The van der Waals surface area contributed by atoms with Crippen molar-refractivity contribution in [2.24, 2.45) is 0 Å². The van der Waals surface area contributed by atoms with Crippen LogP contribution in [0, 0.1) is 13.8 Å². The Kier molecular flexibility index (Phi) is 7.21. The highest BCUT2D eigenvalue weighted by atomic mass is 16.5. The number of ether oxygens (including phenoxy) is 2. The molecule has 0 aliphatic carbocycles. The van der Waals surface area contributed by atoms with Gasteiger partial charge >= 0.3 is 5.97 Å². The molecule has 0 radical (unpaired) electrons. The van der Waals surface area contributed by atoms with Gasteiger partial charge in [0.25, 0.3) is 5.91 Å². The molecule has 0 spiro atoms. The third kappa shape index (κ3) is 5.62. The summed E-state index contributed by atoms with van der Waals surface area (Å²) in [7, 11) is 0. The zero-order chi connectivity index (χ0) is 18.9. The number of amides is 1. The van der Waals surface area contributed by atoms with Crippen molar-refractivity contribution in [3.8, 4) is 5.75 Å². The molecule has 2 aromatic rings. The molecule has 1 amide bonds. The summed E-state index contributed by atoms with van der Waals surface area (Å²) in [6.45, 7) is 6.21. The standard InChI is InChI=1S/C21H25NO4/c1-4-5-12-25-21(24)17-10-7-11-18(13-17)22-19(23)14-26-20-15(2)8-6-9-16(20)3/h6-11,13H,4-5,12,14H2,1-3H3,(H,22,23). The van der Waals surface area contributed by atoms with Gasteiger partial charge in [-0.1, -0.05) is 37.6 Å². The molecule has 0 atom stereocenters. The number of anilines is 1. The van der Waals surface area contributed by atoms with E-state index in [4.69, 9.17) is 9.47 Å². The van der Waals surface area contributed by atoms with Gasteiger partial charge in [-0.25, -0.2) is 4.79 Å². The SMILES string of the molecule is CCCCOC(=O)c1cccc(NC(=O)COc2c(C)cccc2C)c1. The molecule has 0 fully saturated rings. The monoisotopic (exact) mass is 355 g/mol. The van der Waals surface area contributed by atoms with Crippen LogP contribution in [0.15, 0.2) is 42.5 Å². The first-order valence-electron chi connectivity index (χ1n) is 8.77. The summed E-state index contributed by atoms with van der Waals surface area (Å²) in [5.41, 5.74) is 2.91. The minimum absolute atomic E-state index is 0.100. The Balaban J connectivity index is 1.92. The van der Waals surface area contributed by atoms with Crippen molar-refractivity contribution in [3.05, 3.63) is 59.2 Å². The van der Waals surface area contributed by atoms with Gasteiger partial charge in [0.15, 0.2) is 6.61 Å². The van der Waals surface area contributed by atoms with Gasteiger partial charge in [-0.2, -0.15) is 0 Å². The first-order chi connectivity index (χ1) is 12.5. The Hall–Kier alpha value is -2.82. The molecule has 0 aliphatic rings. The lowest BCUT2D eigenvalue weighted by Crippen LogP contribution is -2.21. The maximum Gasteiger partial charge on any atom is 0.338 e. The molecule has 2 aromatic carbocycles. The predicted molar refractivity (Wildman–Crippen MR) is 102 cm³/mol. The van der Waals surface area contributed by atoms with Crippen molar-refractivity contribution >= 4 is 17.6 Å². The van der Waals surface area contributed by atoms with Crippen LogP contribution in [0.3, 0.4) is 0 Å². The van der Waals surface area contributed by atoms with E-state index < -0.39 is 0 Å². The first kappa shape index (κ1) is 19.5. The summed E-state index contributed by atoms with van der Waals surface area (Å²) in [4.78, 5) is 24.1. The van der Waals surface area contributed by atoms with E-state index in [1.807, 2.05) is 39.0 Å². The molecule has 0 saturated heterocycles. The second-order valence-electron chi connectivity index (χ2n) is 6.13. The van der Waals surface area contributed by atoms with E-state index in [2.05, 4.69) is 5.32 Å². The molecular weight excluding hydrogens is 330 g/mol. The number of esters is 1. The predicted octanol–water partition coefficient (Wildman–Crippen LogP) is 4.28. The van der Waals surface area contributed by atoms with Crippen LogP contribution in [-0.2, 0) is 9.53 Å². The van der Waals surface area contributed by atoms with Gasteiger partial charge in [0.1, 0.15) is 5.75 Å². The maximum atomic E-state index is 12.1. The van der Waals surface area contributed by atoms with Gasteiger partial charge in [0.05, 0.1) is 12.2 Å². The minimum Gasteiger partial charge on any atom is -0.483 e. The molecule has 1 N–H and O–H groups in total. The lowest BCUT2D eigenvalue weighted by molar-refractivity contribution is -0.118. The number of benzene rings is 2. The fourth-order valence-electron chi connectivity index (χ4n) is 2.48. The maximum absolute atomic E-state index is 12.1. The number of aryl methyl sites for hydroxylation is 2. The number of hydrogen-bond acceptors (Lipinski definition) is 4. The topological polar surface area (TPSA) is 64.6 Å². The molecule has 0 heterocycles. The first-order valence-corrected chi connectivity index (χ1v) is 8.77. The molecule has 138 valence electrons. The fourth-order valence-corrected chi connectivity index (χ4v) is 2.48. The Labute approximate surface area is 154 Å².